The standard InChI is InChI=1S/C14H12Br2N2O3/c1-17-8-9-2-5-13(12(16)6-9)21-14-7-10(18(19)20)3-4-11(14)15/h2-7,17H,8H2,1H3. The molecule has 0 fully saturated rings. The highest BCUT2D eigenvalue weighted by atomic mass is 79.9. The highest BCUT2D eigenvalue weighted by Crippen LogP contribution is 2.36. The Morgan fingerprint density at radius 2 is 1.90 bits per heavy atom. The first-order chi connectivity index (χ1) is 10.0. The Bertz CT molecular complexity index is 677. The van der Waals surface area contributed by atoms with E-state index in [1.807, 2.05) is 25.2 Å². The Balaban J connectivity index is 2.29. The van der Waals surface area contributed by atoms with Gasteiger partial charge in [-0.15, -0.1) is 0 Å². The monoisotopic (exact) mass is 414 g/mol. The molecule has 1 N–H and O–H groups in total. The average molecular weight is 416 g/mol. The molecule has 0 atom stereocenters. The van der Waals surface area contributed by atoms with E-state index < -0.39 is 4.92 Å². The Labute approximate surface area is 138 Å². The van der Waals surface area contributed by atoms with Crippen LogP contribution in [0.15, 0.2) is 45.3 Å². The lowest BCUT2D eigenvalue weighted by Gasteiger charge is -2.10. The lowest BCUT2D eigenvalue weighted by molar-refractivity contribution is -0.384. The van der Waals surface area contributed by atoms with Crippen molar-refractivity contribution in [2.24, 2.45) is 0 Å². The first-order valence-electron chi connectivity index (χ1n) is 6.06. The maximum Gasteiger partial charge on any atom is 0.273 e. The van der Waals surface area contributed by atoms with Crippen molar-refractivity contribution >= 4 is 37.5 Å². The van der Waals surface area contributed by atoms with Gasteiger partial charge in [0, 0.05) is 12.6 Å². The van der Waals surface area contributed by atoms with E-state index in [1.165, 1.54) is 12.1 Å². The van der Waals surface area contributed by atoms with Gasteiger partial charge in [0.25, 0.3) is 5.69 Å². The van der Waals surface area contributed by atoms with E-state index in [0.29, 0.717) is 16.0 Å². The van der Waals surface area contributed by atoms with Gasteiger partial charge in [-0.2, -0.15) is 0 Å². The summed E-state index contributed by atoms with van der Waals surface area (Å²) in [6.45, 7) is 0.749. The zero-order valence-corrected chi connectivity index (χ0v) is 14.3. The van der Waals surface area contributed by atoms with Crippen LogP contribution in [-0.4, -0.2) is 12.0 Å². The van der Waals surface area contributed by atoms with Crippen LogP contribution in [0.1, 0.15) is 5.56 Å². The second-order valence-electron chi connectivity index (χ2n) is 4.27. The quantitative estimate of drug-likeness (QED) is 0.571. The van der Waals surface area contributed by atoms with Crippen LogP contribution in [0.5, 0.6) is 11.5 Å². The van der Waals surface area contributed by atoms with Gasteiger partial charge in [0.15, 0.2) is 0 Å². The summed E-state index contributed by atoms with van der Waals surface area (Å²) in [7, 11) is 1.87. The van der Waals surface area contributed by atoms with Gasteiger partial charge in [-0.3, -0.25) is 10.1 Å². The number of non-ortho nitro benzene ring substituents is 1. The zero-order chi connectivity index (χ0) is 15.4. The van der Waals surface area contributed by atoms with Crippen molar-refractivity contribution in [1.82, 2.24) is 5.32 Å². The average Bonchev–Trinajstić information content (AvgIpc) is 2.44. The summed E-state index contributed by atoms with van der Waals surface area (Å²) in [5.41, 5.74) is 1.09. The van der Waals surface area contributed by atoms with Gasteiger partial charge >= 0.3 is 0 Å². The highest BCUT2D eigenvalue weighted by molar-refractivity contribution is 9.11. The lowest BCUT2D eigenvalue weighted by atomic mass is 10.2. The van der Waals surface area contributed by atoms with Crippen LogP contribution in [0.4, 0.5) is 5.69 Å². The molecule has 0 radical (unpaired) electrons. The van der Waals surface area contributed by atoms with E-state index >= 15 is 0 Å². The molecule has 0 amide bonds. The minimum absolute atomic E-state index is 0.0175. The maximum absolute atomic E-state index is 10.8. The molecule has 5 nitrogen and oxygen atoms in total. The number of hydrogen-bond donors (Lipinski definition) is 1. The van der Waals surface area contributed by atoms with Crippen LogP contribution >= 0.6 is 31.9 Å². The van der Waals surface area contributed by atoms with Crippen molar-refractivity contribution in [3.63, 3.8) is 0 Å². The topological polar surface area (TPSA) is 64.4 Å². The van der Waals surface area contributed by atoms with Gasteiger partial charge in [0.2, 0.25) is 0 Å². The molecule has 0 aliphatic rings. The largest absolute Gasteiger partial charge is 0.455 e. The fraction of sp³-hybridized carbons (Fsp3) is 0.143. The number of halogens is 2. The van der Waals surface area contributed by atoms with Gasteiger partial charge in [-0.1, -0.05) is 6.07 Å². The molecule has 0 heterocycles. The number of nitrogens with one attached hydrogen (secondary N) is 1. The molecule has 0 aromatic heterocycles. The molecule has 2 aromatic rings. The summed E-state index contributed by atoms with van der Waals surface area (Å²) in [5.74, 6) is 0.988. The van der Waals surface area contributed by atoms with E-state index in [2.05, 4.69) is 37.2 Å². The fourth-order valence-electron chi connectivity index (χ4n) is 1.74. The minimum Gasteiger partial charge on any atom is -0.455 e. The number of benzene rings is 2. The fourth-order valence-corrected chi connectivity index (χ4v) is 2.58. The van der Waals surface area contributed by atoms with Crippen molar-refractivity contribution in [3.8, 4) is 11.5 Å². The van der Waals surface area contributed by atoms with Crippen molar-refractivity contribution in [2.75, 3.05) is 7.05 Å². The van der Waals surface area contributed by atoms with E-state index in [9.17, 15) is 10.1 Å². The van der Waals surface area contributed by atoms with E-state index in [-0.39, 0.29) is 5.69 Å². The molecule has 0 aliphatic carbocycles. The van der Waals surface area contributed by atoms with Gasteiger partial charge in [0.05, 0.1) is 19.9 Å². The summed E-state index contributed by atoms with van der Waals surface area (Å²) in [5, 5.41) is 13.9. The van der Waals surface area contributed by atoms with E-state index in [0.717, 1.165) is 16.6 Å². The molecule has 7 heteroatoms. The van der Waals surface area contributed by atoms with Crippen LogP contribution in [0.2, 0.25) is 0 Å². The molecular weight excluding hydrogens is 404 g/mol. The van der Waals surface area contributed by atoms with E-state index in [1.54, 1.807) is 6.07 Å². The zero-order valence-electron chi connectivity index (χ0n) is 11.1. The summed E-state index contributed by atoms with van der Waals surface area (Å²) < 4.78 is 7.18. The van der Waals surface area contributed by atoms with Crippen LogP contribution < -0.4 is 10.1 Å². The third-order valence-electron chi connectivity index (χ3n) is 2.72. The molecule has 21 heavy (non-hydrogen) atoms. The highest BCUT2D eigenvalue weighted by Gasteiger charge is 2.12. The number of ether oxygens (including phenoxy) is 1. The number of nitro benzene ring substituents is 1. The Hall–Kier alpha value is -1.44. The minimum atomic E-state index is -0.454. The summed E-state index contributed by atoms with van der Waals surface area (Å²) in [6, 6.07) is 10.1. The molecule has 2 aromatic carbocycles. The van der Waals surface area contributed by atoms with Crippen molar-refractivity contribution < 1.29 is 9.66 Å². The van der Waals surface area contributed by atoms with Gasteiger partial charge < -0.3 is 10.1 Å². The Kier molecular flexibility index (Phi) is 5.33. The molecular formula is C14H12Br2N2O3. The molecule has 0 unspecified atom stereocenters. The van der Waals surface area contributed by atoms with Crippen molar-refractivity contribution in [3.05, 3.63) is 61.0 Å². The smallest absolute Gasteiger partial charge is 0.273 e. The number of nitro groups is 1. The Morgan fingerprint density at radius 3 is 2.52 bits per heavy atom. The Morgan fingerprint density at radius 1 is 1.14 bits per heavy atom. The van der Waals surface area contributed by atoms with Crippen LogP contribution in [0.25, 0.3) is 0 Å². The second-order valence-corrected chi connectivity index (χ2v) is 5.98. The van der Waals surface area contributed by atoms with Crippen LogP contribution in [0.3, 0.4) is 0 Å². The molecule has 110 valence electrons. The molecule has 2 rings (SSSR count). The van der Waals surface area contributed by atoms with Crippen LogP contribution in [0, 0.1) is 10.1 Å². The number of hydrogen-bond acceptors (Lipinski definition) is 4. The molecule has 0 saturated heterocycles. The first-order valence-corrected chi connectivity index (χ1v) is 7.64. The summed E-state index contributed by atoms with van der Waals surface area (Å²) in [6.07, 6.45) is 0. The van der Waals surface area contributed by atoms with Crippen molar-refractivity contribution in [2.45, 2.75) is 6.54 Å². The third-order valence-corrected chi connectivity index (χ3v) is 4.00. The molecule has 0 aliphatic heterocycles. The first kappa shape index (κ1) is 15.9. The van der Waals surface area contributed by atoms with E-state index in [4.69, 9.17) is 4.74 Å². The summed E-state index contributed by atoms with van der Waals surface area (Å²) in [4.78, 5) is 10.4. The molecule has 0 spiro atoms. The van der Waals surface area contributed by atoms with Gasteiger partial charge in [-0.05, 0) is 62.7 Å². The number of rotatable bonds is 5. The predicted molar refractivity (Wildman–Crippen MR) is 87.8 cm³/mol. The van der Waals surface area contributed by atoms with Gasteiger partial charge in [0.1, 0.15) is 11.5 Å². The normalized spacial score (nSPS) is 10.4. The lowest BCUT2D eigenvalue weighted by Crippen LogP contribution is -2.04. The molecule has 0 saturated carbocycles. The van der Waals surface area contributed by atoms with Gasteiger partial charge in [-0.25, -0.2) is 0 Å². The number of nitrogens with zero attached hydrogens (tertiary/aromatic N) is 1. The summed E-state index contributed by atoms with van der Waals surface area (Å²) >= 11 is 6.77. The van der Waals surface area contributed by atoms with Crippen molar-refractivity contribution in [1.29, 1.82) is 0 Å². The SMILES string of the molecule is CNCc1ccc(Oc2cc([N+](=O)[O-])ccc2Br)c(Br)c1. The molecule has 0 bridgehead atoms. The predicted octanol–water partition coefficient (Wildman–Crippen LogP) is 4.63. The third kappa shape index (κ3) is 4.03. The maximum atomic E-state index is 10.8. The van der Waals surface area contributed by atoms with Crippen LogP contribution in [-0.2, 0) is 6.54 Å². The second kappa shape index (κ2) is 7.02.